The molecule has 0 aromatic heterocycles. The Balaban J connectivity index is 2.04. The second-order valence-electron chi connectivity index (χ2n) is 6.32. The standard InChI is InChI=1S/C17H20O9/c18-10-3-1-9(5-11(10)19)2-4-15(23)26-13-7-17(25,8-14(21)22)6-12(20)16(13)24/h1-5,12-13,16,18-20,24-25H,6-8H2,(H,21,22)/b4-2+/t12-,13-,16+,17-/m0/s1. The molecule has 2 rings (SSSR count). The zero-order chi connectivity index (χ0) is 19.5. The van der Waals surface area contributed by atoms with E-state index in [1.54, 1.807) is 0 Å². The van der Waals surface area contributed by atoms with Crippen LogP contribution in [0.15, 0.2) is 24.3 Å². The number of esters is 1. The van der Waals surface area contributed by atoms with Crippen LogP contribution >= 0.6 is 0 Å². The smallest absolute Gasteiger partial charge is 0.331 e. The van der Waals surface area contributed by atoms with Crippen LogP contribution in [-0.4, -0.2) is 66.5 Å². The van der Waals surface area contributed by atoms with Crippen molar-refractivity contribution in [3.05, 3.63) is 29.8 Å². The predicted molar refractivity (Wildman–Crippen MR) is 87.1 cm³/mol. The maximum atomic E-state index is 11.9. The molecule has 0 bridgehead atoms. The first-order chi connectivity index (χ1) is 12.1. The number of hydrogen-bond acceptors (Lipinski definition) is 8. The summed E-state index contributed by atoms with van der Waals surface area (Å²) < 4.78 is 5.03. The lowest BCUT2D eigenvalue weighted by Crippen LogP contribution is -2.54. The number of phenols is 2. The van der Waals surface area contributed by atoms with E-state index in [9.17, 15) is 35.1 Å². The number of aromatic hydroxyl groups is 2. The summed E-state index contributed by atoms with van der Waals surface area (Å²) >= 11 is 0. The summed E-state index contributed by atoms with van der Waals surface area (Å²) in [6.45, 7) is 0. The SMILES string of the molecule is O=C(O)C[C@@]1(O)C[C@H](OC(=O)/C=C/c2ccc(O)c(O)c2)[C@H](O)[C@@H](O)C1. The molecule has 1 aromatic rings. The van der Waals surface area contributed by atoms with Crippen LogP contribution in [0, 0.1) is 0 Å². The van der Waals surface area contributed by atoms with Crippen molar-refractivity contribution in [2.24, 2.45) is 0 Å². The lowest BCUT2D eigenvalue weighted by atomic mass is 9.77. The molecule has 1 aliphatic rings. The molecule has 1 aromatic carbocycles. The van der Waals surface area contributed by atoms with Crippen molar-refractivity contribution in [1.82, 2.24) is 0 Å². The number of rotatable bonds is 5. The zero-order valence-electron chi connectivity index (χ0n) is 13.6. The van der Waals surface area contributed by atoms with Gasteiger partial charge in [-0.2, -0.15) is 0 Å². The summed E-state index contributed by atoms with van der Waals surface area (Å²) in [6, 6.07) is 3.88. The van der Waals surface area contributed by atoms with Gasteiger partial charge in [0.1, 0.15) is 12.2 Å². The van der Waals surface area contributed by atoms with Gasteiger partial charge in [0, 0.05) is 18.9 Å². The molecule has 0 unspecified atom stereocenters. The number of aliphatic hydroxyl groups excluding tert-OH is 2. The first-order valence-corrected chi connectivity index (χ1v) is 7.80. The van der Waals surface area contributed by atoms with Gasteiger partial charge in [-0.15, -0.1) is 0 Å². The lowest BCUT2D eigenvalue weighted by Gasteiger charge is -2.40. The van der Waals surface area contributed by atoms with Gasteiger partial charge in [-0.3, -0.25) is 4.79 Å². The minimum atomic E-state index is -1.80. The molecule has 6 N–H and O–H groups in total. The molecule has 1 saturated carbocycles. The third-order valence-electron chi connectivity index (χ3n) is 4.10. The number of aliphatic hydroxyl groups is 3. The highest BCUT2D eigenvalue weighted by molar-refractivity contribution is 5.87. The zero-order valence-corrected chi connectivity index (χ0v) is 13.6. The van der Waals surface area contributed by atoms with Crippen molar-refractivity contribution in [2.45, 2.75) is 43.2 Å². The maximum absolute atomic E-state index is 11.9. The Morgan fingerprint density at radius 3 is 2.50 bits per heavy atom. The van der Waals surface area contributed by atoms with E-state index < -0.39 is 42.3 Å². The fourth-order valence-electron chi connectivity index (χ4n) is 2.87. The summed E-state index contributed by atoms with van der Waals surface area (Å²) in [5.74, 6) is -2.87. The van der Waals surface area contributed by atoms with Gasteiger partial charge in [0.15, 0.2) is 11.5 Å². The molecule has 9 nitrogen and oxygen atoms in total. The fourth-order valence-corrected chi connectivity index (χ4v) is 2.87. The number of hydrogen-bond donors (Lipinski definition) is 6. The van der Waals surface area contributed by atoms with E-state index in [4.69, 9.17) is 9.84 Å². The second kappa shape index (κ2) is 7.73. The minimum Gasteiger partial charge on any atom is -0.504 e. The molecule has 1 aliphatic carbocycles. The molecular weight excluding hydrogens is 348 g/mol. The summed E-state index contributed by atoms with van der Waals surface area (Å²) in [5.41, 5.74) is -1.41. The van der Waals surface area contributed by atoms with Gasteiger partial charge in [-0.1, -0.05) is 6.07 Å². The lowest BCUT2D eigenvalue weighted by molar-refractivity contribution is -0.185. The number of aliphatic carboxylic acids is 1. The van der Waals surface area contributed by atoms with Crippen molar-refractivity contribution in [1.29, 1.82) is 0 Å². The molecule has 142 valence electrons. The van der Waals surface area contributed by atoms with Gasteiger partial charge in [0.25, 0.3) is 0 Å². The molecule has 0 heterocycles. The van der Waals surface area contributed by atoms with Gasteiger partial charge < -0.3 is 35.4 Å². The fraction of sp³-hybridized carbons (Fsp3) is 0.412. The number of phenolic OH excluding ortho intramolecular Hbond substituents is 2. The van der Waals surface area contributed by atoms with Crippen molar-refractivity contribution in [3.63, 3.8) is 0 Å². The summed E-state index contributed by atoms with van der Waals surface area (Å²) in [7, 11) is 0. The Bertz CT molecular complexity index is 714. The minimum absolute atomic E-state index is 0.318. The summed E-state index contributed by atoms with van der Waals surface area (Å²) in [5, 5.41) is 57.5. The Morgan fingerprint density at radius 2 is 1.88 bits per heavy atom. The largest absolute Gasteiger partial charge is 0.504 e. The van der Waals surface area contributed by atoms with Crippen LogP contribution in [0.2, 0.25) is 0 Å². The average molecular weight is 368 g/mol. The van der Waals surface area contributed by atoms with Crippen LogP contribution in [0.1, 0.15) is 24.8 Å². The van der Waals surface area contributed by atoms with Gasteiger partial charge in [0.05, 0.1) is 18.1 Å². The number of carbonyl (C=O) groups is 2. The van der Waals surface area contributed by atoms with E-state index in [1.807, 2.05) is 0 Å². The van der Waals surface area contributed by atoms with Crippen LogP contribution in [0.3, 0.4) is 0 Å². The summed E-state index contributed by atoms with van der Waals surface area (Å²) in [6.07, 6.45) is -3.25. The Hall–Kier alpha value is -2.62. The predicted octanol–water partition coefficient (Wildman–Crippen LogP) is -0.256. The first kappa shape index (κ1) is 19.7. The number of carboxylic acid groups (broad SMARTS) is 1. The number of benzene rings is 1. The van der Waals surface area contributed by atoms with E-state index in [2.05, 4.69) is 0 Å². The van der Waals surface area contributed by atoms with E-state index in [1.165, 1.54) is 24.3 Å². The van der Waals surface area contributed by atoms with E-state index in [-0.39, 0.29) is 24.3 Å². The summed E-state index contributed by atoms with van der Waals surface area (Å²) in [4.78, 5) is 22.7. The van der Waals surface area contributed by atoms with Gasteiger partial charge in [0.2, 0.25) is 0 Å². The third kappa shape index (κ3) is 4.94. The van der Waals surface area contributed by atoms with Crippen LogP contribution < -0.4 is 0 Å². The highest BCUT2D eigenvalue weighted by atomic mass is 16.6. The van der Waals surface area contributed by atoms with Crippen LogP contribution in [-0.2, 0) is 14.3 Å². The Morgan fingerprint density at radius 1 is 1.19 bits per heavy atom. The number of carbonyl (C=O) groups excluding carboxylic acids is 1. The average Bonchev–Trinajstić information content (AvgIpc) is 2.52. The van der Waals surface area contributed by atoms with Gasteiger partial charge >= 0.3 is 11.9 Å². The maximum Gasteiger partial charge on any atom is 0.331 e. The van der Waals surface area contributed by atoms with Crippen molar-refractivity contribution in [3.8, 4) is 11.5 Å². The Kier molecular flexibility index (Phi) is 5.86. The van der Waals surface area contributed by atoms with Crippen molar-refractivity contribution >= 4 is 18.0 Å². The van der Waals surface area contributed by atoms with E-state index in [0.717, 1.165) is 6.08 Å². The number of ether oxygens (including phenoxy) is 1. The second-order valence-corrected chi connectivity index (χ2v) is 6.32. The van der Waals surface area contributed by atoms with E-state index in [0.29, 0.717) is 5.56 Å². The van der Waals surface area contributed by atoms with Crippen molar-refractivity contribution in [2.75, 3.05) is 0 Å². The molecule has 1 fully saturated rings. The molecule has 4 atom stereocenters. The monoisotopic (exact) mass is 368 g/mol. The molecule has 0 spiro atoms. The quantitative estimate of drug-likeness (QED) is 0.233. The molecular formula is C17H20O9. The number of carboxylic acids is 1. The molecule has 0 aliphatic heterocycles. The third-order valence-corrected chi connectivity index (χ3v) is 4.10. The topological polar surface area (TPSA) is 165 Å². The van der Waals surface area contributed by atoms with Crippen LogP contribution in [0.25, 0.3) is 6.08 Å². The van der Waals surface area contributed by atoms with Gasteiger partial charge in [-0.05, 0) is 23.8 Å². The molecule has 9 heteroatoms. The Labute approximate surface area is 148 Å². The normalized spacial score (nSPS) is 28.8. The molecule has 0 saturated heterocycles. The highest BCUT2D eigenvalue weighted by Crippen LogP contribution is 2.33. The highest BCUT2D eigenvalue weighted by Gasteiger charge is 2.46. The van der Waals surface area contributed by atoms with Gasteiger partial charge in [-0.25, -0.2) is 4.79 Å². The van der Waals surface area contributed by atoms with Crippen molar-refractivity contribution < 1.29 is 45.0 Å². The van der Waals surface area contributed by atoms with Crippen LogP contribution in [0.4, 0.5) is 0 Å². The van der Waals surface area contributed by atoms with Crippen LogP contribution in [0.5, 0.6) is 11.5 Å². The molecule has 0 radical (unpaired) electrons. The first-order valence-electron chi connectivity index (χ1n) is 7.80. The van der Waals surface area contributed by atoms with E-state index >= 15 is 0 Å². The molecule has 0 amide bonds. The molecule has 26 heavy (non-hydrogen) atoms.